The van der Waals surface area contributed by atoms with Crippen molar-refractivity contribution in [2.75, 3.05) is 18.8 Å². The number of hydrogen-bond acceptors (Lipinski definition) is 4. The van der Waals surface area contributed by atoms with Crippen molar-refractivity contribution in [1.82, 2.24) is 4.90 Å². The van der Waals surface area contributed by atoms with E-state index in [1.165, 1.54) is 0 Å². The van der Waals surface area contributed by atoms with Gasteiger partial charge in [-0.05, 0) is 30.4 Å². The molecule has 1 aliphatic heterocycles. The van der Waals surface area contributed by atoms with E-state index in [0.717, 1.165) is 0 Å². The molecule has 0 saturated carbocycles. The van der Waals surface area contributed by atoms with Crippen molar-refractivity contribution >= 4 is 27.2 Å². The van der Waals surface area contributed by atoms with Gasteiger partial charge < -0.3 is 9.64 Å². The van der Waals surface area contributed by atoms with Crippen LogP contribution >= 0.6 is 12.2 Å². The molecule has 0 radical (unpaired) electrons. The van der Waals surface area contributed by atoms with Gasteiger partial charge in [0.05, 0.1) is 17.2 Å². The van der Waals surface area contributed by atoms with Crippen molar-refractivity contribution in [3.8, 4) is 0 Å². The van der Waals surface area contributed by atoms with Gasteiger partial charge in [-0.2, -0.15) is 0 Å². The SMILES string of the molecule is C=CC1CN(CCS(=O)(=O)c2ccccc2)C(=S)O1. The molecule has 4 nitrogen and oxygen atoms in total. The summed E-state index contributed by atoms with van der Waals surface area (Å²) in [6, 6.07) is 8.41. The van der Waals surface area contributed by atoms with E-state index in [9.17, 15) is 8.42 Å². The van der Waals surface area contributed by atoms with E-state index in [1.54, 1.807) is 41.3 Å². The average Bonchev–Trinajstić information content (AvgIpc) is 2.78. The maximum Gasteiger partial charge on any atom is 0.260 e. The fraction of sp³-hybridized carbons (Fsp3) is 0.308. The fourth-order valence-corrected chi connectivity index (χ4v) is 3.37. The van der Waals surface area contributed by atoms with Gasteiger partial charge in [0.15, 0.2) is 9.84 Å². The van der Waals surface area contributed by atoms with Crippen LogP contribution in [0.2, 0.25) is 0 Å². The molecule has 0 spiro atoms. The van der Waals surface area contributed by atoms with E-state index in [0.29, 0.717) is 23.2 Å². The van der Waals surface area contributed by atoms with Crippen LogP contribution in [0.3, 0.4) is 0 Å². The van der Waals surface area contributed by atoms with Gasteiger partial charge in [-0.3, -0.25) is 0 Å². The third kappa shape index (κ3) is 3.33. The zero-order valence-electron chi connectivity index (χ0n) is 10.4. The van der Waals surface area contributed by atoms with E-state index in [2.05, 4.69) is 6.58 Å². The minimum atomic E-state index is -3.28. The zero-order chi connectivity index (χ0) is 13.9. The summed E-state index contributed by atoms with van der Waals surface area (Å²) in [5, 5.41) is 0.341. The molecule has 0 amide bonds. The van der Waals surface area contributed by atoms with Crippen LogP contribution in [0.1, 0.15) is 0 Å². The van der Waals surface area contributed by atoms with Crippen molar-refractivity contribution in [3.63, 3.8) is 0 Å². The highest BCUT2D eigenvalue weighted by Crippen LogP contribution is 2.15. The molecule has 2 rings (SSSR count). The average molecular weight is 297 g/mol. The van der Waals surface area contributed by atoms with E-state index >= 15 is 0 Å². The predicted molar refractivity (Wildman–Crippen MR) is 77.7 cm³/mol. The van der Waals surface area contributed by atoms with Crippen LogP contribution in [0.25, 0.3) is 0 Å². The third-order valence-corrected chi connectivity index (χ3v) is 4.97. The summed E-state index contributed by atoms with van der Waals surface area (Å²) in [7, 11) is -3.28. The smallest absolute Gasteiger partial charge is 0.260 e. The minimum Gasteiger partial charge on any atom is -0.461 e. The highest BCUT2D eigenvalue weighted by Gasteiger charge is 2.27. The van der Waals surface area contributed by atoms with Crippen LogP contribution < -0.4 is 0 Å². The fourth-order valence-electron chi connectivity index (χ4n) is 1.81. The number of ether oxygens (including phenoxy) is 1. The van der Waals surface area contributed by atoms with Crippen molar-refractivity contribution in [2.24, 2.45) is 0 Å². The van der Waals surface area contributed by atoms with Crippen LogP contribution in [0, 0.1) is 0 Å². The molecule has 1 aromatic carbocycles. The quantitative estimate of drug-likeness (QED) is 0.611. The second-order valence-electron chi connectivity index (χ2n) is 4.24. The first kappa shape index (κ1) is 14.0. The molecule has 1 aromatic rings. The van der Waals surface area contributed by atoms with Gasteiger partial charge >= 0.3 is 0 Å². The molecule has 1 atom stereocenters. The molecule has 0 N–H and O–H groups in total. The number of nitrogens with zero attached hydrogens (tertiary/aromatic N) is 1. The lowest BCUT2D eigenvalue weighted by atomic mass is 10.3. The Balaban J connectivity index is 1.99. The second-order valence-corrected chi connectivity index (χ2v) is 6.69. The van der Waals surface area contributed by atoms with Crippen LogP contribution in [0.5, 0.6) is 0 Å². The number of thiocarbonyl (C=S) groups is 1. The Morgan fingerprint density at radius 2 is 2.11 bits per heavy atom. The Morgan fingerprint density at radius 1 is 1.42 bits per heavy atom. The molecule has 1 heterocycles. The normalized spacial score (nSPS) is 19.3. The van der Waals surface area contributed by atoms with E-state index in [4.69, 9.17) is 17.0 Å². The summed E-state index contributed by atoms with van der Waals surface area (Å²) in [4.78, 5) is 2.09. The Bertz CT molecular complexity index is 569. The predicted octanol–water partition coefficient (Wildman–Crippen LogP) is 1.63. The van der Waals surface area contributed by atoms with Gasteiger partial charge in [0, 0.05) is 6.54 Å². The summed E-state index contributed by atoms with van der Waals surface area (Å²) in [5.41, 5.74) is 0. The molecule has 6 heteroatoms. The zero-order valence-corrected chi connectivity index (χ0v) is 12.0. The largest absolute Gasteiger partial charge is 0.461 e. The third-order valence-electron chi connectivity index (χ3n) is 2.91. The maximum absolute atomic E-state index is 12.1. The van der Waals surface area contributed by atoms with Gasteiger partial charge in [-0.15, -0.1) is 0 Å². The standard InChI is InChI=1S/C13H15NO3S2/c1-2-11-10-14(13(18)17-11)8-9-19(15,16)12-6-4-3-5-7-12/h2-7,11H,1,8-10H2. The Kier molecular flexibility index (Phi) is 4.21. The molecule has 0 bridgehead atoms. The van der Waals surface area contributed by atoms with Crippen molar-refractivity contribution in [2.45, 2.75) is 11.0 Å². The molecule has 0 aromatic heterocycles. The lowest BCUT2D eigenvalue weighted by Crippen LogP contribution is -2.30. The molecular weight excluding hydrogens is 282 g/mol. The summed E-state index contributed by atoms with van der Waals surface area (Å²) in [6.07, 6.45) is 1.52. The van der Waals surface area contributed by atoms with Crippen LogP contribution in [-0.2, 0) is 14.6 Å². The lowest BCUT2D eigenvalue weighted by Gasteiger charge is -2.14. The minimum absolute atomic E-state index is 0.0182. The Morgan fingerprint density at radius 3 is 2.68 bits per heavy atom. The summed E-state index contributed by atoms with van der Waals surface area (Å²) in [5.74, 6) is 0.0182. The first-order valence-electron chi connectivity index (χ1n) is 5.89. The second kappa shape index (κ2) is 5.71. The first-order valence-corrected chi connectivity index (χ1v) is 7.95. The highest BCUT2D eigenvalue weighted by atomic mass is 32.2. The Labute approximate surface area is 118 Å². The van der Waals surface area contributed by atoms with Crippen molar-refractivity contribution < 1.29 is 13.2 Å². The number of hydrogen-bond donors (Lipinski definition) is 0. The summed E-state index contributed by atoms with van der Waals surface area (Å²) >= 11 is 5.05. The van der Waals surface area contributed by atoms with Crippen LogP contribution in [0.15, 0.2) is 47.9 Å². The monoisotopic (exact) mass is 297 g/mol. The summed E-state index contributed by atoms with van der Waals surface area (Å²) < 4.78 is 29.6. The molecule has 102 valence electrons. The lowest BCUT2D eigenvalue weighted by molar-refractivity contribution is 0.286. The number of sulfone groups is 1. The van der Waals surface area contributed by atoms with Gasteiger partial charge in [-0.25, -0.2) is 8.42 Å². The molecular formula is C13H15NO3S2. The maximum atomic E-state index is 12.1. The molecule has 1 unspecified atom stereocenters. The number of rotatable bonds is 5. The highest BCUT2D eigenvalue weighted by molar-refractivity contribution is 7.91. The van der Waals surface area contributed by atoms with Crippen LogP contribution in [-0.4, -0.2) is 43.4 Å². The van der Waals surface area contributed by atoms with Crippen molar-refractivity contribution in [1.29, 1.82) is 0 Å². The molecule has 0 aliphatic carbocycles. The molecule has 1 saturated heterocycles. The first-order chi connectivity index (χ1) is 9.03. The van der Waals surface area contributed by atoms with Crippen molar-refractivity contribution in [3.05, 3.63) is 43.0 Å². The van der Waals surface area contributed by atoms with Gasteiger partial charge in [0.1, 0.15) is 6.10 Å². The van der Waals surface area contributed by atoms with E-state index in [1.807, 2.05) is 0 Å². The Hall–Kier alpha value is -1.40. The van der Waals surface area contributed by atoms with E-state index in [-0.39, 0.29) is 11.9 Å². The topological polar surface area (TPSA) is 46.6 Å². The van der Waals surface area contributed by atoms with Crippen LogP contribution in [0.4, 0.5) is 0 Å². The molecule has 19 heavy (non-hydrogen) atoms. The van der Waals surface area contributed by atoms with Gasteiger partial charge in [-0.1, -0.05) is 24.8 Å². The molecule has 1 fully saturated rings. The molecule has 1 aliphatic rings. The summed E-state index contributed by atoms with van der Waals surface area (Å²) in [6.45, 7) is 4.53. The van der Waals surface area contributed by atoms with E-state index < -0.39 is 9.84 Å². The van der Waals surface area contributed by atoms with Gasteiger partial charge in [0.25, 0.3) is 5.17 Å². The number of benzene rings is 1. The van der Waals surface area contributed by atoms with Gasteiger partial charge in [0.2, 0.25) is 0 Å².